The van der Waals surface area contributed by atoms with Gasteiger partial charge < -0.3 is 18.9 Å². The van der Waals surface area contributed by atoms with Gasteiger partial charge in [0.2, 0.25) is 11.7 Å². The highest BCUT2D eigenvalue weighted by molar-refractivity contribution is 6.24. The number of barbiturate groups is 1. The molecule has 1 spiro atoms. The van der Waals surface area contributed by atoms with Crippen LogP contribution in [0.15, 0.2) is 71.4 Å². The van der Waals surface area contributed by atoms with Crippen molar-refractivity contribution in [2.75, 3.05) is 18.6 Å². The molecule has 2 N–H and O–H groups in total. The first kappa shape index (κ1) is 24.1. The molecule has 4 amide bonds. The third kappa shape index (κ3) is 4.31. The first-order valence-corrected chi connectivity index (χ1v) is 12.1. The number of aromatic nitrogens is 3. The van der Waals surface area contributed by atoms with Crippen LogP contribution in [0, 0.1) is 0 Å². The van der Waals surface area contributed by atoms with Gasteiger partial charge in [-0.1, -0.05) is 5.16 Å². The lowest BCUT2D eigenvalue weighted by Crippen LogP contribution is -2.71. The third-order valence-corrected chi connectivity index (χ3v) is 6.72. The van der Waals surface area contributed by atoms with E-state index in [4.69, 9.17) is 14.0 Å². The van der Waals surface area contributed by atoms with Crippen LogP contribution in [0.5, 0.6) is 17.4 Å². The van der Waals surface area contributed by atoms with Gasteiger partial charge in [0, 0.05) is 23.7 Å². The monoisotopic (exact) mass is 526 g/mol. The fourth-order valence-corrected chi connectivity index (χ4v) is 4.76. The highest BCUT2D eigenvalue weighted by Gasteiger charge is 2.57. The van der Waals surface area contributed by atoms with Crippen molar-refractivity contribution in [3.05, 3.63) is 66.9 Å². The first-order chi connectivity index (χ1) is 19.0. The smallest absolute Gasteiger partial charge is 0.328 e. The van der Waals surface area contributed by atoms with E-state index >= 15 is 0 Å². The van der Waals surface area contributed by atoms with Gasteiger partial charge in [-0.15, -0.1) is 0 Å². The summed E-state index contributed by atoms with van der Waals surface area (Å²) in [5.41, 5.74) is 0.619. The molecule has 0 aliphatic carbocycles. The molecule has 0 unspecified atom stereocenters. The van der Waals surface area contributed by atoms with Gasteiger partial charge in [-0.2, -0.15) is 4.98 Å². The summed E-state index contributed by atoms with van der Waals surface area (Å²) in [5, 5.41) is 8.47. The van der Waals surface area contributed by atoms with Crippen molar-refractivity contribution in [3.8, 4) is 40.2 Å². The molecule has 0 saturated carbocycles. The molecule has 4 heterocycles. The summed E-state index contributed by atoms with van der Waals surface area (Å²) in [6.07, 6.45) is 2.44. The number of nitrogens with one attached hydrogen (secondary N) is 2. The Morgan fingerprint density at radius 1 is 0.897 bits per heavy atom. The number of carbonyl (C=O) groups is 3. The van der Waals surface area contributed by atoms with Crippen LogP contribution < -0.4 is 25.0 Å². The van der Waals surface area contributed by atoms with Gasteiger partial charge in [-0.25, -0.2) is 9.78 Å². The molecule has 0 radical (unpaired) electrons. The van der Waals surface area contributed by atoms with Gasteiger partial charge in [-0.05, 0) is 67.4 Å². The van der Waals surface area contributed by atoms with Crippen LogP contribution in [-0.2, 0) is 9.59 Å². The maximum atomic E-state index is 12.7. The number of methoxy groups -OCH3 is 1. The van der Waals surface area contributed by atoms with Crippen molar-refractivity contribution >= 4 is 23.5 Å². The Balaban J connectivity index is 1.14. The summed E-state index contributed by atoms with van der Waals surface area (Å²) in [6.45, 7) is 0.467. The van der Waals surface area contributed by atoms with Crippen molar-refractivity contribution in [2.45, 2.75) is 18.4 Å². The first-order valence-electron chi connectivity index (χ1n) is 12.1. The van der Waals surface area contributed by atoms with Gasteiger partial charge in [-0.3, -0.25) is 20.2 Å². The van der Waals surface area contributed by atoms with Crippen LogP contribution in [0.1, 0.15) is 12.8 Å². The van der Waals surface area contributed by atoms with Gasteiger partial charge in [0.25, 0.3) is 17.7 Å². The minimum absolute atomic E-state index is 0.296. The number of ether oxygens (including phenoxy) is 2. The Bertz CT molecular complexity index is 1530. The normalized spacial score (nSPS) is 16.2. The molecule has 2 aliphatic rings. The fourth-order valence-electron chi connectivity index (χ4n) is 4.76. The molecular weight excluding hydrogens is 504 g/mol. The maximum Gasteiger partial charge on any atom is 0.328 e. The Labute approximate surface area is 221 Å². The predicted octanol–water partition coefficient (Wildman–Crippen LogP) is 3.30. The number of urea groups is 1. The minimum atomic E-state index is -1.48. The van der Waals surface area contributed by atoms with E-state index in [0.29, 0.717) is 48.4 Å². The summed E-state index contributed by atoms with van der Waals surface area (Å²) in [6, 6.07) is 17.0. The number of benzene rings is 2. The average Bonchev–Trinajstić information content (AvgIpc) is 3.62. The lowest BCUT2D eigenvalue weighted by molar-refractivity contribution is -0.137. The zero-order valence-corrected chi connectivity index (χ0v) is 20.7. The Morgan fingerprint density at radius 2 is 1.59 bits per heavy atom. The van der Waals surface area contributed by atoms with Crippen molar-refractivity contribution in [3.63, 3.8) is 0 Å². The van der Waals surface area contributed by atoms with E-state index in [-0.39, 0.29) is 0 Å². The number of carbonyl (C=O) groups excluding carboxylic acids is 3. The van der Waals surface area contributed by atoms with Crippen molar-refractivity contribution in [2.24, 2.45) is 0 Å². The van der Waals surface area contributed by atoms with E-state index in [1.54, 1.807) is 36.3 Å². The molecule has 2 aliphatic heterocycles. The second kappa shape index (κ2) is 9.56. The molecule has 2 aromatic heterocycles. The van der Waals surface area contributed by atoms with E-state index < -0.39 is 23.4 Å². The quantitative estimate of drug-likeness (QED) is 0.358. The van der Waals surface area contributed by atoms with Crippen molar-refractivity contribution in [1.29, 1.82) is 0 Å². The van der Waals surface area contributed by atoms with E-state index in [1.165, 1.54) is 6.20 Å². The van der Waals surface area contributed by atoms with E-state index in [2.05, 4.69) is 25.8 Å². The fraction of sp³-hybridized carbons (Fsp3) is 0.185. The van der Waals surface area contributed by atoms with Crippen LogP contribution in [0.2, 0.25) is 0 Å². The minimum Gasteiger partial charge on any atom is -0.497 e. The van der Waals surface area contributed by atoms with Crippen LogP contribution in [-0.4, -0.2) is 52.2 Å². The number of pyridine rings is 1. The van der Waals surface area contributed by atoms with Crippen LogP contribution in [0.25, 0.3) is 22.8 Å². The Kier molecular flexibility index (Phi) is 5.91. The largest absolute Gasteiger partial charge is 0.497 e. The number of anilines is 1. The SMILES string of the molecule is COc1ccc(-c2nc(-c3ccc(Oc4ccc(N5CCCC56C(=O)NC(=O)NC6=O)cn4)cc3)no2)cc1. The molecule has 2 aromatic carbocycles. The number of hydrogen-bond acceptors (Lipinski definition) is 10. The molecule has 2 fully saturated rings. The summed E-state index contributed by atoms with van der Waals surface area (Å²) in [5.74, 6) is 1.17. The summed E-state index contributed by atoms with van der Waals surface area (Å²) >= 11 is 0. The number of imide groups is 2. The van der Waals surface area contributed by atoms with E-state index in [0.717, 1.165) is 16.9 Å². The van der Waals surface area contributed by atoms with E-state index in [9.17, 15) is 14.4 Å². The second-order valence-corrected chi connectivity index (χ2v) is 8.99. The lowest BCUT2D eigenvalue weighted by Gasteiger charge is -2.38. The summed E-state index contributed by atoms with van der Waals surface area (Å²) in [4.78, 5) is 47.3. The molecule has 4 aromatic rings. The zero-order valence-electron chi connectivity index (χ0n) is 20.7. The van der Waals surface area contributed by atoms with Crippen molar-refractivity contribution < 1.29 is 28.4 Å². The van der Waals surface area contributed by atoms with Crippen molar-refractivity contribution in [1.82, 2.24) is 25.8 Å². The highest BCUT2D eigenvalue weighted by Crippen LogP contribution is 2.36. The Hall–Kier alpha value is -5.26. The average molecular weight is 527 g/mol. The van der Waals surface area contributed by atoms with Gasteiger partial charge >= 0.3 is 6.03 Å². The molecule has 0 bridgehead atoms. The van der Waals surface area contributed by atoms with Gasteiger partial charge in [0.15, 0.2) is 5.54 Å². The van der Waals surface area contributed by atoms with Gasteiger partial charge in [0.05, 0.1) is 19.0 Å². The number of hydrogen-bond donors (Lipinski definition) is 2. The number of rotatable bonds is 6. The molecule has 6 rings (SSSR count). The second-order valence-electron chi connectivity index (χ2n) is 8.99. The molecule has 12 heteroatoms. The summed E-state index contributed by atoms with van der Waals surface area (Å²) < 4.78 is 16.4. The molecular formula is C27H22N6O6. The lowest BCUT2D eigenvalue weighted by atomic mass is 9.92. The number of amides is 4. The number of nitrogens with zero attached hydrogens (tertiary/aromatic N) is 4. The maximum absolute atomic E-state index is 12.7. The van der Waals surface area contributed by atoms with Crippen LogP contribution >= 0.6 is 0 Å². The predicted molar refractivity (Wildman–Crippen MR) is 137 cm³/mol. The van der Waals surface area contributed by atoms with E-state index in [1.807, 2.05) is 36.4 Å². The van der Waals surface area contributed by atoms with Gasteiger partial charge in [0.1, 0.15) is 11.5 Å². The molecule has 0 atom stereocenters. The highest BCUT2D eigenvalue weighted by atomic mass is 16.5. The molecule has 12 nitrogen and oxygen atoms in total. The topological polar surface area (TPSA) is 149 Å². The third-order valence-electron chi connectivity index (χ3n) is 6.72. The Morgan fingerprint density at radius 3 is 2.26 bits per heavy atom. The molecule has 196 valence electrons. The van der Waals surface area contributed by atoms with Crippen LogP contribution in [0.4, 0.5) is 10.5 Å². The zero-order chi connectivity index (χ0) is 27.0. The molecule has 39 heavy (non-hydrogen) atoms. The summed E-state index contributed by atoms with van der Waals surface area (Å²) in [7, 11) is 1.60. The molecule has 2 saturated heterocycles. The standard InChI is InChI=1S/C27H22N6O6/c1-37-19-8-5-17(6-9-19)23-29-22(32-39-23)16-3-10-20(11-4-16)38-21-12-7-18(15-28-21)33-14-2-13-27(33)24(34)30-26(36)31-25(27)35/h3-12,15H,2,13-14H2,1H3,(H2,30,31,34,35,36). The van der Waals surface area contributed by atoms with Crippen LogP contribution in [0.3, 0.4) is 0 Å².